The summed E-state index contributed by atoms with van der Waals surface area (Å²) in [5, 5.41) is 11.7. The molecule has 1 aromatic carbocycles. The molecule has 0 amide bonds. The Morgan fingerprint density at radius 1 is 0.964 bits per heavy atom. The first kappa shape index (κ1) is 19.7. The SMILES string of the molecule is CC(C)c1cc(C(=O)c2c(Cl)cc(-c3n[nH]c(=O)[nH]c3=O)cc2Cl)n[nH]c1=O. The summed E-state index contributed by atoms with van der Waals surface area (Å²) in [5.41, 5.74) is -1.47. The van der Waals surface area contributed by atoms with E-state index >= 15 is 0 Å². The van der Waals surface area contributed by atoms with Crippen LogP contribution in [0.3, 0.4) is 0 Å². The molecule has 0 aliphatic heterocycles. The van der Waals surface area contributed by atoms with Gasteiger partial charge in [-0.05, 0) is 24.1 Å². The van der Waals surface area contributed by atoms with Crippen molar-refractivity contribution < 1.29 is 4.79 Å². The molecule has 0 aliphatic rings. The predicted octanol–water partition coefficient (Wildman–Crippen LogP) is 1.87. The number of nitrogens with zero attached hydrogens (tertiary/aromatic N) is 2. The van der Waals surface area contributed by atoms with E-state index in [1.165, 1.54) is 18.2 Å². The molecule has 9 nitrogen and oxygen atoms in total. The smallest absolute Gasteiger partial charge is 0.287 e. The van der Waals surface area contributed by atoms with Crippen LogP contribution in [-0.4, -0.2) is 31.2 Å². The highest BCUT2D eigenvalue weighted by molar-refractivity contribution is 6.41. The van der Waals surface area contributed by atoms with E-state index in [1.807, 2.05) is 18.8 Å². The lowest BCUT2D eigenvalue weighted by Gasteiger charge is -2.10. The van der Waals surface area contributed by atoms with E-state index in [0.29, 0.717) is 5.56 Å². The van der Waals surface area contributed by atoms with Crippen LogP contribution in [0.5, 0.6) is 0 Å². The van der Waals surface area contributed by atoms with Crippen molar-refractivity contribution in [3.05, 3.63) is 76.3 Å². The van der Waals surface area contributed by atoms with Crippen LogP contribution in [0.15, 0.2) is 32.6 Å². The number of benzene rings is 1. The Bertz CT molecular complexity index is 1240. The molecule has 0 spiro atoms. The second-order valence-electron chi connectivity index (χ2n) is 6.19. The molecule has 0 saturated heterocycles. The molecule has 3 N–H and O–H groups in total. The quantitative estimate of drug-likeness (QED) is 0.548. The zero-order chi connectivity index (χ0) is 20.6. The maximum absolute atomic E-state index is 12.8. The number of rotatable bonds is 4. The van der Waals surface area contributed by atoms with Crippen LogP contribution in [-0.2, 0) is 0 Å². The van der Waals surface area contributed by atoms with Crippen molar-refractivity contribution in [2.24, 2.45) is 0 Å². The molecule has 0 unspecified atom stereocenters. The average molecular weight is 422 g/mol. The van der Waals surface area contributed by atoms with Crippen LogP contribution in [0, 0.1) is 0 Å². The summed E-state index contributed by atoms with van der Waals surface area (Å²) in [6.45, 7) is 3.62. The monoisotopic (exact) mass is 421 g/mol. The maximum atomic E-state index is 12.8. The van der Waals surface area contributed by atoms with Gasteiger partial charge in [-0.3, -0.25) is 19.4 Å². The van der Waals surface area contributed by atoms with Crippen LogP contribution >= 0.6 is 23.2 Å². The van der Waals surface area contributed by atoms with Gasteiger partial charge in [-0.15, -0.1) is 0 Å². The van der Waals surface area contributed by atoms with Gasteiger partial charge in [-0.25, -0.2) is 15.0 Å². The molecule has 0 fully saturated rings. The molecule has 144 valence electrons. The lowest BCUT2D eigenvalue weighted by Crippen LogP contribution is -2.25. The molecule has 0 bridgehead atoms. The maximum Gasteiger partial charge on any atom is 0.342 e. The molecule has 0 atom stereocenters. The number of H-pyrrole nitrogens is 3. The molecule has 3 aromatic rings. The second-order valence-corrected chi connectivity index (χ2v) is 7.01. The number of hydrogen-bond donors (Lipinski definition) is 3. The second kappa shape index (κ2) is 7.53. The zero-order valence-electron chi connectivity index (χ0n) is 14.6. The number of hydrogen-bond acceptors (Lipinski definition) is 6. The van der Waals surface area contributed by atoms with Crippen molar-refractivity contribution in [3.63, 3.8) is 0 Å². The van der Waals surface area contributed by atoms with Gasteiger partial charge >= 0.3 is 5.69 Å². The lowest BCUT2D eigenvalue weighted by molar-refractivity contribution is 0.103. The third-order valence-corrected chi connectivity index (χ3v) is 4.54. The standard InChI is InChI=1S/C17H13Cl2N5O4/c1-6(2)8-5-11(21-23-15(8)26)14(25)12-9(18)3-7(4-10(12)19)13-16(27)20-17(28)24-22-13/h3-6H,1-2H3,(H,23,26)(H2,20,24,27,28). The summed E-state index contributed by atoms with van der Waals surface area (Å²) in [4.78, 5) is 49.7. The Labute approximate surface area is 166 Å². The molecule has 0 radical (unpaired) electrons. The highest BCUT2D eigenvalue weighted by Gasteiger charge is 2.22. The van der Waals surface area contributed by atoms with E-state index in [1.54, 1.807) is 0 Å². The van der Waals surface area contributed by atoms with Crippen molar-refractivity contribution in [2.45, 2.75) is 19.8 Å². The molecule has 2 aromatic heterocycles. The van der Waals surface area contributed by atoms with Gasteiger partial charge in [0.1, 0.15) is 5.69 Å². The highest BCUT2D eigenvalue weighted by Crippen LogP contribution is 2.31. The zero-order valence-corrected chi connectivity index (χ0v) is 16.1. The fourth-order valence-electron chi connectivity index (χ4n) is 2.56. The van der Waals surface area contributed by atoms with Crippen molar-refractivity contribution in [1.29, 1.82) is 0 Å². The van der Waals surface area contributed by atoms with Gasteiger partial charge in [0.15, 0.2) is 5.69 Å². The van der Waals surface area contributed by atoms with Gasteiger partial charge in [0.2, 0.25) is 5.78 Å². The molecular formula is C17H13Cl2N5O4. The van der Waals surface area contributed by atoms with E-state index in [2.05, 4.69) is 20.4 Å². The number of aromatic amines is 3. The minimum atomic E-state index is -0.761. The van der Waals surface area contributed by atoms with Crippen LogP contribution in [0.25, 0.3) is 11.3 Å². The first-order chi connectivity index (χ1) is 13.2. The van der Waals surface area contributed by atoms with Crippen molar-refractivity contribution >= 4 is 29.0 Å². The van der Waals surface area contributed by atoms with Gasteiger partial charge in [0.25, 0.3) is 11.1 Å². The van der Waals surface area contributed by atoms with Crippen LogP contribution in [0.2, 0.25) is 10.0 Å². The third kappa shape index (κ3) is 3.67. The number of ketones is 1. The van der Waals surface area contributed by atoms with Crippen LogP contribution < -0.4 is 16.8 Å². The fourth-order valence-corrected chi connectivity index (χ4v) is 3.22. The minimum absolute atomic E-state index is 0.0279. The Balaban J connectivity index is 2.10. The summed E-state index contributed by atoms with van der Waals surface area (Å²) in [6, 6.07) is 4.04. The van der Waals surface area contributed by atoms with Crippen LogP contribution in [0.1, 0.15) is 41.4 Å². The third-order valence-electron chi connectivity index (χ3n) is 3.94. The Hall–Kier alpha value is -3.04. The highest BCUT2D eigenvalue weighted by atomic mass is 35.5. The first-order valence-corrected chi connectivity index (χ1v) is 8.77. The summed E-state index contributed by atoms with van der Waals surface area (Å²) < 4.78 is 0. The number of halogens is 2. The normalized spacial score (nSPS) is 11.0. The Morgan fingerprint density at radius 3 is 2.18 bits per heavy atom. The molecule has 3 rings (SSSR count). The number of carbonyl (C=O) groups excluding carboxylic acids is 1. The molecule has 11 heteroatoms. The van der Waals surface area contributed by atoms with Crippen molar-refractivity contribution in [1.82, 2.24) is 25.4 Å². The van der Waals surface area contributed by atoms with Gasteiger partial charge in [-0.1, -0.05) is 37.0 Å². The van der Waals surface area contributed by atoms with E-state index in [-0.39, 0.29) is 44.0 Å². The number of nitrogens with one attached hydrogen (secondary N) is 3. The lowest BCUT2D eigenvalue weighted by atomic mass is 10.0. The summed E-state index contributed by atoms with van der Waals surface area (Å²) in [5.74, 6) is -0.715. The first-order valence-electron chi connectivity index (χ1n) is 8.01. The summed E-state index contributed by atoms with van der Waals surface area (Å²) in [6.07, 6.45) is 0. The minimum Gasteiger partial charge on any atom is -0.287 e. The van der Waals surface area contributed by atoms with Gasteiger partial charge < -0.3 is 0 Å². The topological polar surface area (TPSA) is 141 Å². The molecule has 2 heterocycles. The van der Waals surface area contributed by atoms with Gasteiger partial charge in [-0.2, -0.15) is 10.2 Å². The summed E-state index contributed by atoms with van der Waals surface area (Å²) in [7, 11) is 0. The molecule has 0 saturated carbocycles. The van der Waals surface area contributed by atoms with E-state index < -0.39 is 17.0 Å². The number of carbonyl (C=O) groups is 1. The van der Waals surface area contributed by atoms with Crippen molar-refractivity contribution in [3.8, 4) is 11.3 Å². The molecule has 28 heavy (non-hydrogen) atoms. The predicted molar refractivity (Wildman–Crippen MR) is 103 cm³/mol. The van der Waals surface area contributed by atoms with Gasteiger partial charge in [0, 0.05) is 11.1 Å². The van der Waals surface area contributed by atoms with E-state index in [4.69, 9.17) is 23.2 Å². The number of aromatic nitrogens is 5. The van der Waals surface area contributed by atoms with E-state index in [0.717, 1.165) is 0 Å². The molecular weight excluding hydrogens is 409 g/mol. The van der Waals surface area contributed by atoms with E-state index in [9.17, 15) is 19.2 Å². The largest absolute Gasteiger partial charge is 0.342 e. The molecule has 0 aliphatic carbocycles. The van der Waals surface area contributed by atoms with Crippen LogP contribution in [0.4, 0.5) is 0 Å². The van der Waals surface area contributed by atoms with Crippen molar-refractivity contribution in [2.75, 3.05) is 0 Å². The Kier molecular flexibility index (Phi) is 5.30. The fraction of sp³-hybridized carbons (Fsp3) is 0.176. The summed E-state index contributed by atoms with van der Waals surface area (Å²) >= 11 is 12.5. The average Bonchev–Trinajstić information content (AvgIpc) is 2.61. The van der Waals surface area contributed by atoms with Gasteiger partial charge in [0.05, 0.1) is 15.6 Å². The Morgan fingerprint density at radius 2 is 1.61 bits per heavy atom.